The Hall–Kier alpha value is -1.19. The molecule has 0 amide bonds. The number of carbonyl (C=O) groups is 1. The first-order chi connectivity index (χ1) is 5.70. The third-order valence-corrected chi connectivity index (χ3v) is 1.25. The normalized spacial score (nSPS) is 11.8. The lowest BCUT2D eigenvalue weighted by molar-refractivity contribution is -0.141. The van der Waals surface area contributed by atoms with Crippen LogP contribution in [0.2, 0.25) is 0 Å². The Labute approximate surface area is 70.9 Å². The quantitative estimate of drug-likeness (QED) is 0.533. The van der Waals surface area contributed by atoms with Crippen molar-refractivity contribution < 1.29 is 19.1 Å². The second-order valence-electron chi connectivity index (χ2n) is 2.30. The fraction of sp³-hybridized carbons (Fsp3) is 0.625. The third kappa shape index (κ3) is 5.58. The molecule has 4 heteroatoms. The van der Waals surface area contributed by atoms with E-state index >= 15 is 0 Å². The molecule has 0 N–H and O–H groups in total. The van der Waals surface area contributed by atoms with E-state index < -0.39 is 11.9 Å². The molecule has 0 aromatic heterocycles. The number of esters is 1. The van der Waals surface area contributed by atoms with Crippen LogP contribution in [0.3, 0.4) is 0 Å². The number of hydrogen-bond acceptors (Lipinski definition) is 4. The summed E-state index contributed by atoms with van der Waals surface area (Å²) in [6.07, 6.45) is 3.84. The van der Waals surface area contributed by atoms with Gasteiger partial charge in [0.1, 0.15) is 6.61 Å². The Morgan fingerprint density at radius 3 is 2.58 bits per heavy atom. The number of rotatable bonds is 6. The van der Waals surface area contributed by atoms with Gasteiger partial charge >= 0.3 is 5.97 Å². The number of carbonyl (C=O) groups excluding carboxylic acids is 3. The summed E-state index contributed by atoms with van der Waals surface area (Å²) in [6.45, 7) is 1.26. The standard InChI is InChI=1S/C8H10O4/c1-7(11)12-6-8(5-10)3-2-4-9/h8H,2-3,6H2,1H3. The SMILES string of the molecule is CC(=O)OCC([C]=O)CC[C]=O. The first-order valence-corrected chi connectivity index (χ1v) is 3.56. The average Bonchev–Trinajstić information content (AvgIpc) is 2.05. The molecule has 2 radical (unpaired) electrons. The van der Waals surface area contributed by atoms with Crippen LogP contribution in [0.5, 0.6) is 0 Å². The number of ether oxygens (including phenoxy) is 1. The van der Waals surface area contributed by atoms with E-state index in [0.29, 0.717) is 6.42 Å². The second-order valence-corrected chi connectivity index (χ2v) is 2.30. The molecule has 0 aromatic rings. The second kappa shape index (κ2) is 6.52. The molecule has 0 fully saturated rings. The molecule has 66 valence electrons. The molecule has 0 rings (SSSR count). The van der Waals surface area contributed by atoms with Crippen LogP contribution in [-0.2, 0) is 19.1 Å². The van der Waals surface area contributed by atoms with Gasteiger partial charge in [-0.2, -0.15) is 0 Å². The molecule has 0 aliphatic heterocycles. The molecule has 0 aromatic carbocycles. The first-order valence-electron chi connectivity index (χ1n) is 3.56. The lowest BCUT2D eigenvalue weighted by Crippen LogP contribution is -2.13. The molecule has 0 aliphatic rings. The summed E-state index contributed by atoms with van der Waals surface area (Å²) in [5.41, 5.74) is 0. The van der Waals surface area contributed by atoms with Crippen molar-refractivity contribution in [3.05, 3.63) is 0 Å². The molecular weight excluding hydrogens is 160 g/mol. The van der Waals surface area contributed by atoms with Gasteiger partial charge in [-0.1, -0.05) is 0 Å². The van der Waals surface area contributed by atoms with Crippen LogP contribution in [-0.4, -0.2) is 25.1 Å². The van der Waals surface area contributed by atoms with Gasteiger partial charge in [0.25, 0.3) is 0 Å². The molecule has 0 bridgehead atoms. The Morgan fingerprint density at radius 2 is 2.17 bits per heavy atom. The van der Waals surface area contributed by atoms with Crippen molar-refractivity contribution in [1.29, 1.82) is 0 Å². The van der Waals surface area contributed by atoms with Crippen molar-refractivity contribution >= 4 is 18.5 Å². The summed E-state index contributed by atoms with van der Waals surface area (Å²) in [5.74, 6) is -0.944. The molecule has 0 heterocycles. The maximum absolute atomic E-state index is 10.3. The van der Waals surface area contributed by atoms with Gasteiger partial charge in [0.05, 0.1) is 5.92 Å². The molecule has 1 unspecified atom stereocenters. The van der Waals surface area contributed by atoms with Gasteiger partial charge in [-0.05, 0) is 6.42 Å². The van der Waals surface area contributed by atoms with E-state index in [0.717, 1.165) is 0 Å². The zero-order chi connectivity index (χ0) is 9.40. The number of hydrogen-bond donors (Lipinski definition) is 0. The fourth-order valence-corrected chi connectivity index (χ4v) is 0.627. The van der Waals surface area contributed by atoms with Crippen molar-refractivity contribution in [3.8, 4) is 0 Å². The molecular formula is C8H10O4. The molecule has 1 atom stereocenters. The van der Waals surface area contributed by atoms with Gasteiger partial charge in [-0.3, -0.25) is 14.4 Å². The molecule has 4 nitrogen and oxygen atoms in total. The summed E-state index contributed by atoms with van der Waals surface area (Å²) < 4.78 is 4.56. The maximum atomic E-state index is 10.3. The monoisotopic (exact) mass is 170 g/mol. The summed E-state index contributed by atoms with van der Waals surface area (Å²) >= 11 is 0. The van der Waals surface area contributed by atoms with Gasteiger partial charge in [0.15, 0.2) is 6.29 Å². The van der Waals surface area contributed by atoms with E-state index in [9.17, 15) is 14.4 Å². The summed E-state index contributed by atoms with van der Waals surface area (Å²) in [5, 5.41) is 0. The Morgan fingerprint density at radius 1 is 1.50 bits per heavy atom. The zero-order valence-electron chi connectivity index (χ0n) is 6.83. The van der Waals surface area contributed by atoms with Crippen LogP contribution >= 0.6 is 0 Å². The summed E-state index contributed by atoms with van der Waals surface area (Å²) in [4.78, 5) is 30.3. The van der Waals surface area contributed by atoms with E-state index in [1.165, 1.54) is 6.92 Å². The summed E-state index contributed by atoms with van der Waals surface area (Å²) in [6, 6.07) is 0. The van der Waals surface area contributed by atoms with Crippen LogP contribution in [0.25, 0.3) is 0 Å². The van der Waals surface area contributed by atoms with Crippen LogP contribution in [0.15, 0.2) is 0 Å². The Bertz CT molecular complexity index is 164. The van der Waals surface area contributed by atoms with E-state index in [2.05, 4.69) is 4.74 Å². The van der Waals surface area contributed by atoms with Crippen molar-refractivity contribution in [2.75, 3.05) is 6.61 Å². The van der Waals surface area contributed by atoms with Gasteiger partial charge in [-0.15, -0.1) is 0 Å². The third-order valence-electron chi connectivity index (χ3n) is 1.25. The predicted octanol–water partition coefficient (Wildman–Crippen LogP) is 0.165. The van der Waals surface area contributed by atoms with E-state index in [-0.39, 0.29) is 13.0 Å². The summed E-state index contributed by atoms with van der Waals surface area (Å²) in [7, 11) is 0. The molecule has 0 saturated heterocycles. The highest BCUT2D eigenvalue weighted by Gasteiger charge is 2.09. The first kappa shape index (κ1) is 10.8. The minimum atomic E-state index is -0.504. The van der Waals surface area contributed by atoms with Crippen molar-refractivity contribution in [1.82, 2.24) is 0 Å². The van der Waals surface area contributed by atoms with E-state index in [1.807, 2.05) is 0 Å². The molecule has 0 saturated carbocycles. The van der Waals surface area contributed by atoms with Crippen molar-refractivity contribution in [2.45, 2.75) is 19.8 Å². The largest absolute Gasteiger partial charge is 0.465 e. The lowest BCUT2D eigenvalue weighted by Gasteiger charge is -2.06. The highest BCUT2D eigenvalue weighted by Crippen LogP contribution is 2.02. The van der Waals surface area contributed by atoms with E-state index in [4.69, 9.17) is 0 Å². The topological polar surface area (TPSA) is 60.4 Å². The highest BCUT2D eigenvalue weighted by molar-refractivity contribution is 5.66. The lowest BCUT2D eigenvalue weighted by atomic mass is 10.1. The Balaban J connectivity index is 3.59. The van der Waals surface area contributed by atoms with Crippen molar-refractivity contribution in [3.63, 3.8) is 0 Å². The fourth-order valence-electron chi connectivity index (χ4n) is 0.627. The van der Waals surface area contributed by atoms with Gasteiger partial charge in [0.2, 0.25) is 6.29 Å². The Kier molecular flexibility index (Phi) is 5.87. The molecule has 0 aliphatic carbocycles. The highest BCUT2D eigenvalue weighted by atomic mass is 16.5. The molecule has 0 spiro atoms. The maximum Gasteiger partial charge on any atom is 0.302 e. The van der Waals surface area contributed by atoms with Crippen LogP contribution in [0.4, 0.5) is 0 Å². The minimum absolute atomic E-state index is 0.000509. The van der Waals surface area contributed by atoms with Crippen LogP contribution < -0.4 is 0 Å². The smallest absolute Gasteiger partial charge is 0.302 e. The van der Waals surface area contributed by atoms with E-state index in [1.54, 1.807) is 12.6 Å². The van der Waals surface area contributed by atoms with Crippen molar-refractivity contribution in [2.24, 2.45) is 5.92 Å². The average molecular weight is 170 g/mol. The molecule has 12 heavy (non-hydrogen) atoms. The van der Waals surface area contributed by atoms with Gasteiger partial charge in [0, 0.05) is 13.3 Å². The van der Waals surface area contributed by atoms with Gasteiger partial charge < -0.3 is 4.74 Å². The minimum Gasteiger partial charge on any atom is -0.465 e. The predicted molar refractivity (Wildman–Crippen MR) is 40.7 cm³/mol. The zero-order valence-corrected chi connectivity index (χ0v) is 6.83. The van der Waals surface area contributed by atoms with Gasteiger partial charge in [-0.25, -0.2) is 0 Å². The van der Waals surface area contributed by atoms with Crippen LogP contribution in [0, 0.1) is 5.92 Å². The van der Waals surface area contributed by atoms with Crippen LogP contribution in [0.1, 0.15) is 19.8 Å².